The van der Waals surface area contributed by atoms with Crippen LogP contribution in [0.1, 0.15) is 25.2 Å². The molecular formula is C17H22N4O5S. The number of hydrogen-bond acceptors (Lipinski definition) is 7. The maximum Gasteiger partial charge on any atom is 0.304 e. The zero-order valence-electron chi connectivity index (χ0n) is 14.7. The molecule has 1 fully saturated rings. The first-order chi connectivity index (χ1) is 12.9. The fourth-order valence-corrected chi connectivity index (χ4v) is 3.98. The van der Waals surface area contributed by atoms with Crippen molar-refractivity contribution in [1.82, 2.24) is 20.2 Å². The Morgan fingerprint density at radius 1 is 1.26 bits per heavy atom. The van der Waals surface area contributed by atoms with Crippen molar-refractivity contribution in [3.63, 3.8) is 0 Å². The SMILES string of the molecule is O=C(O)CCNS(=O)(=O)c1ccc(-c2noc(CC3CCNCC3)n2)cc1. The lowest BCUT2D eigenvalue weighted by Gasteiger charge is -2.20. The molecule has 0 aliphatic carbocycles. The summed E-state index contributed by atoms with van der Waals surface area (Å²) in [7, 11) is -3.75. The first-order valence-corrected chi connectivity index (χ1v) is 10.3. The zero-order valence-corrected chi connectivity index (χ0v) is 15.5. The Morgan fingerprint density at radius 3 is 2.63 bits per heavy atom. The second kappa shape index (κ2) is 8.59. The van der Waals surface area contributed by atoms with E-state index in [4.69, 9.17) is 9.63 Å². The van der Waals surface area contributed by atoms with Crippen molar-refractivity contribution in [2.24, 2.45) is 5.92 Å². The van der Waals surface area contributed by atoms with Crippen molar-refractivity contribution in [1.29, 1.82) is 0 Å². The molecule has 1 aromatic heterocycles. The molecule has 1 saturated heterocycles. The fraction of sp³-hybridized carbons (Fsp3) is 0.471. The Bertz CT molecular complexity index is 873. The summed E-state index contributed by atoms with van der Waals surface area (Å²) in [5, 5.41) is 15.9. The summed E-state index contributed by atoms with van der Waals surface area (Å²) >= 11 is 0. The minimum absolute atomic E-state index is 0.0510. The van der Waals surface area contributed by atoms with E-state index in [1.807, 2.05) is 0 Å². The quantitative estimate of drug-likeness (QED) is 0.604. The number of nitrogens with zero attached hydrogens (tertiary/aromatic N) is 2. The second-order valence-electron chi connectivity index (χ2n) is 6.48. The average Bonchev–Trinajstić information content (AvgIpc) is 3.11. The van der Waals surface area contributed by atoms with Gasteiger partial charge in [0.1, 0.15) is 0 Å². The first kappa shape index (κ1) is 19.5. The number of rotatable bonds is 8. The Balaban J connectivity index is 1.64. The van der Waals surface area contributed by atoms with Gasteiger partial charge in [-0.3, -0.25) is 4.79 Å². The number of benzene rings is 1. The summed E-state index contributed by atoms with van der Waals surface area (Å²) in [6.45, 7) is 1.84. The minimum atomic E-state index is -3.75. The fourth-order valence-electron chi connectivity index (χ4n) is 2.95. The highest BCUT2D eigenvalue weighted by Gasteiger charge is 2.18. The topological polar surface area (TPSA) is 134 Å². The zero-order chi connectivity index (χ0) is 19.3. The molecule has 3 rings (SSSR count). The molecule has 0 amide bonds. The summed E-state index contributed by atoms with van der Waals surface area (Å²) in [5.74, 6) is 0.472. The molecule has 0 atom stereocenters. The number of nitrogens with one attached hydrogen (secondary N) is 2. The number of carboxylic acids is 1. The van der Waals surface area contributed by atoms with E-state index in [1.54, 1.807) is 12.1 Å². The van der Waals surface area contributed by atoms with Gasteiger partial charge >= 0.3 is 5.97 Å². The van der Waals surface area contributed by atoms with Gasteiger partial charge in [0.25, 0.3) is 0 Å². The Morgan fingerprint density at radius 2 is 1.96 bits per heavy atom. The summed E-state index contributed by atoms with van der Waals surface area (Å²) in [4.78, 5) is 14.9. The number of aromatic nitrogens is 2. The molecule has 10 heteroatoms. The molecule has 0 saturated carbocycles. The van der Waals surface area contributed by atoms with Crippen LogP contribution in [-0.2, 0) is 21.2 Å². The summed E-state index contributed by atoms with van der Waals surface area (Å²) in [6.07, 6.45) is 2.63. The molecule has 2 aromatic rings. The first-order valence-electron chi connectivity index (χ1n) is 8.79. The van der Waals surface area contributed by atoms with Crippen molar-refractivity contribution in [3.05, 3.63) is 30.2 Å². The number of carboxylic acid groups (broad SMARTS) is 1. The largest absolute Gasteiger partial charge is 0.481 e. The van der Waals surface area contributed by atoms with Crippen LogP contribution in [0.25, 0.3) is 11.4 Å². The van der Waals surface area contributed by atoms with Gasteiger partial charge in [-0.1, -0.05) is 5.16 Å². The van der Waals surface area contributed by atoms with Crippen LogP contribution >= 0.6 is 0 Å². The maximum absolute atomic E-state index is 12.1. The van der Waals surface area contributed by atoms with Gasteiger partial charge in [0.15, 0.2) is 0 Å². The van der Waals surface area contributed by atoms with Crippen LogP contribution in [0.3, 0.4) is 0 Å². The average molecular weight is 394 g/mol. The molecule has 1 aliphatic heterocycles. The molecular weight excluding hydrogens is 372 g/mol. The van der Waals surface area contributed by atoms with E-state index in [0.29, 0.717) is 23.2 Å². The van der Waals surface area contributed by atoms with Gasteiger partial charge in [0, 0.05) is 18.5 Å². The van der Waals surface area contributed by atoms with Crippen molar-refractivity contribution >= 4 is 16.0 Å². The van der Waals surface area contributed by atoms with Gasteiger partial charge in [-0.15, -0.1) is 0 Å². The monoisotopic (exact) mass is 394 g/mol. The summed E-state index contributed by atoms with van der Waals surface area (Å²) in [5.41, 5.74) is 0.653. The molecule has 1 aromatic carbocycles. The molecule has 146 valence electrons. The second-order valence-corrected chi connectivity index (χ2v) is 8.24. The smallest absolute Gasteiger partial charge is 0.304 e. The van der Waals surface area contributed by atoms with Crippen LogP contribution < -0.4 is 10.0 Å². The van der Waals surface area contributed by atoms with Gasteiger partial charge in [0.2, 0.25) is 21.7 Å². The number of piperidine rings is 1. The molecule has 2 heterocycles. The lowest BCUT2D eigenvalue weighted by Crippen LogP contribution is -2.28. The third-order valence-corrected chi connectivity index (χ3v) is 5.92. The predicted molar refractivity (Wildman–Crippen MR) is 96.5 cm³/mol. The van der Waals surface area contributed by atoms with E-state index in [0.717, 1.165) is 32.4 Å². The number of carbonyl (C=O) groups is 1. The molecule has 9 nitrogen and oxygen atoms in total. The molecule has 0 unspecified atom stereocenters. The molecule has 27 heavy (non-hydrogen) atoms. The highest BCUT2D eigenvalue weighted by atomic mass is 32.2. The van der Waals surface area contributed by atoms with E-state index in [1.165, 1.54) is 12.1 Å². The van der Waals surface area contributed by atoms with Crippen molar-refractivity contribution in [2.45, 2.75) is 30.6 Å². The normalized spacial score (nSPS) is 15.7. The minimum Gasteiger partial charge on any atom is -0.481 e. The van der Waals surface area contributed by atoms with Crippen LogP contribution in [0.4, 0.5) is 0 Å². The Kier molecular flexibility index (Phi) is 6.19. The van der Waals surface area contributed by atoms with Crippen LogP contribution in [0.15, 0.2) is 33.7 Å². The van der Waals surface area contributed by atoms with E-state index in [9.17, 15) is 13.2 Å². The highest BCUT2D eigenvalue weighted by Crippen LogP contribution is 2.21. The molecule has 3 N–H and O–H groups in total. The van der Waals surface area contributed by atoms with Gasteiger partial charge in [-0.2, -0.15) is 4.98 Å². The lowest BCUT2D eigenvalue weighted by atomic mass is 9.95. The standard InChI is InChI=1S/C17H22N4O5S/c22-16(23)7-10-19-27(24,25)14-3-1-13(2-4-14)17-20-15(26-21-17)11-12-5-8-18-9-6-12/h1-4,12,18-19H,5-11H2,(H,22,23). The number of sulfonamides is 1. The van der Waals surface area contributed by atoms with Crippen LogP contribution in [-0.4, -0.2) is 49.3 Å². The predicted octanol–water partition coefficient (Wildman–Crippen LogP) is 1.03. The van der Waals surface area contributed by atoms with E-state index < -0.39 is 16.0 Å². The van der Waals surface area contributed by atoms with Gasteiger partial charge in [-0.25, -0.2) is 13.1 Å². The van der Waals surface area contributed by atoms with E-state index in [2.05, 4.69) is 20.2 Å². The van der Waals surface area contributed by atoms with Crippen molar-refractivity contribution < 1.29 is 22.8 Å². The molecule has 1 aliphatic rings. The number of aliphatic carboxylic acids is 1. The number of hydrogen-bond donors (Lipinski definition) is 3. The third-order valence-electron chi connectivity index (χ3n) is 4.44. The van der Waals surface area contributed by atoms with Crippen molar-refractivity contribution in [3.8, 4) is 11.4 Å². The van der Waals surface area contributed by atoms with Crippen molar-refractivity contribution in [2.75, 3.05) is 19.6 Å². The molecule has 0 spiro atoms. The Hall–Kier alpha value is -2.30. The third kappa shape index (κ3) is 5.34. The summed E-state index contributed by atoms with van der Waals surface area (Å²) in [6, 6.07) is 6.07. The summed E-state index contributed by atoms with van der Waals surface area (Å²) < 4.78 is 31.8. The van der Waals surface area contributed by atoms with Crippen LogP contribution in [0.5, 0.6) is 0 Å². The molecule has 0 radical (unpaired) electrons. The lowest BCUT2D eigenvalue weighted by molar-refractivity contribution is -0.136. The van der Waals surface area contributed by atoms with Gasteiger partial charge < -0.3 is 14.9 Å². The Labute approximate surface area is 157 Å². The van der Waals surface area contributed by atoms with Gasteiger partial charge in [-0.05, 0) is 56.1 Å². The van der Waals surface area contributed by atoms with E-state index in [-0.39, 0.29) is 17.9 Å². The maximum atomic E-state index is 12.1. The van der Waals surface area contributed by atoms with Crippen LogP contribution in [0.2, 0.25) is 0 Å². The van der Waals surface area contributed by atoms with Gasteiger partial charge in [0.05, 0.1) is 11.3 Å². The molecule has 0 bridgehead atoms. The highest BCUT2D eigenvalue weighted by molar-refractivity contribution is 7.89. The van der Waals surface area contributed by atoms with Crippen LogP contribution in [0, 0.1) is 5.92 Å². The van der Waals surface area contributed by atoms with E-state index >= 15 is 0 Å².